The molecule has 1 aliphatic heterocycles. The summed E-state index contributed by atoms with van der Waals surface area (Å²) in [7, 11) is -0.792. The van der Waals surface area contributed by atoms with E-state index in [-0.39, 0.29) is 16.5 Å². The van der Waals surface area contributed by atoms with Gasteiger partial charge in [-0.3, -0.25) is 4.79 Å². The van der Waals surface area contributed by atoms with Gasteiger partial charge in [0, 0.05) is 26.2 Å². The van der Waals surface area contributed by atoms with Gasteiger partial charge in [0.05, 0.1) is 16.9 Å². The van der Waals surface area contributed by atoms with Gasteiger partial charge in [-0.2, -0.15) is 0 Å². The van der Waals surface area contributed by atoms with Crippen molar-refractivity contribution in [2.45, 2.75) is 56.4 Å². The van der Waals surface area contributed by atoms with Crippen LogP contribution in [0.2, 0.25) is 0 Å². The standard InChI is InChI=1S/C23H29N3O4S/c1-15-10-11-20-18(12-15)25-23(27)17-13-22(31(28,29)26(2)3)19(14-21(17)30-20)24-16-8-6-4-5-7-9-16/h10-14,16,24H,4-9H2,1-3H3,(H,25,27). The third-order valence-electron chi connectivity index (χ3n) is 5.90. The molecule has 166 valence electrons. The summed E-state index contributed by atoms with van der Waals surface area (Å²) in [5.41, 5.74) is 2.22. The lowest BCUT2D eigenvalue weighted by Crippen LogP contribution is -2.26. The highest BCUT2D eigenvalue weighted by molar-refractivity contribution is 7.89. The number of fused-ring (bicyclic) bond motifs is 2. The molecule has 1 aliphatic carbocycles. The van der Waals surface area contributed by atoms with Gasteiger partial charge in [0.15, 0.2) is 5.75 Å². The monoisotopic (exact) mass is 443 g/mol. The molecule has 31 heavy (non-hydrogen) atoms. The summed E-state index contributed by atoms with van der Waals surface area (Å²) in [4.78, 5) is 13.0. The van der Waals surface area contributed by atoms with Gasteiger partial charge < -0.3 is 15.4 Å². The molecule has 8 heteroatoms. The first-order chi connectivity index (χ1) is 14.8. The number of nitrogens with one attached hydrogen (secondary N) is 2. The third-order valence-corrected chi connectivity index (χ3v) is 7.76. The van der Waals surface area contributed by atoms with E-state index in [1.54, 1.807) is 6.07 Å². The lowest BCUT2D eigenvalue weighted by atomic mass is 10.1. The zero-order valence-electron chi connectivity index (χ0n) is 18.2. The molecule has 1 amide bonds. The summed E-state index contributed by atoms with van der Waals surface area (Å²) < 4.78 is 33.5. The van der Waals surface area contributed by atoms with Crippen LogP contribution in [0, 0.1) is 6.92 Å². The average molecular weight is 444 g/mol. The Balaban J connectivity index is 1.82. The van der Waals surface area contributed by atoms with Crippen LogP contribution < -0.4 is 15.4 Å². The molecule has 0 unspecified atom stereocenters. The van der Waals surface area contributed by atoms with Crippen molar-refractivity contribution < 1.29 is 17.9 Å². The summed E-state index contributed by atoms with van der Waals surface area (Å²) in [6.07, 6.45) is 6.60. The Morgan fingerprint density at radius 1 is 1.03 bits per heavy atom. The second-order valence-electron chi connectivity index (χ2n) is 8.52. The maximum atomic E-state index is 13.1. The molecule has 2 aliphatic rings. The Bertz CT molecular complexity index is 1100. The van der Waals surface area contributed by atoms with Crippen LogP contribution >= 0.6 is 0 Å². The van der Waals surface area contributed by atoms with Crippen LogP contribution in [0.3, 0.4) is 0 Å². The van der Waals surface area contributed by atoms with E-state index in [2.05, 4.69) is 10.6 Å². The molecule has 0 bridgehead atoms. The van der Waals surface area contributed by atoms with E-state index >= 15 is 0 Å². The summed E-state index contributed by atoms with van der Waals surface area (Å²) in [5, 5.41) is 6.29. The molecule has 1 heterocycles. The Morgan fingerprint density at radius 3 is 2.42 bits per heavy atom. The zero-order chi connectivity index (χ0) is 22.2. The van der Waals surface area contributed by atoms with E-state index in [4.69, 9.17) is 4.74 Å². The summed E-state index contributed by atoms with van der Waals surface area (Å²) in [6, 6.07) is 8.82. The van der Waals surface area contributed by atoms with E-state index in [0.717, 1.165) is 31.2 Å². The predicted octanol–water partition coefficient (Wildman–Crippen LogP) is 4.74. The van der Waals surface area contributed by atoms with Crippen LogP contribution in [0.15, 0.2) is 35.2 Å². The highest BCUT2D eigenvalue weighted by atomic mass is 32.2. The van der Waals surface area contributed by atoms with Crippen molar-refractivity contribution >= 4 is 27.3 Å². The number of rotatable bonds is 4. The molecule has 4 rings (SSSR count). The molecule has 1 fully saturated rings. The van der Waals surface area contributed by atoms with Crippen LogP contribution in [-0.2, 0) is 10.0 Å². The Labute approximate surface area is 183 Å². The highest BCUT2D eigenvalue weighted by Crippen LogP contribution is 2.40. The fourth-order valence-electron chi connectivity index (χ4n) is 4.13. The molecule has 0 aromatic heterocycles. The van der Waals surface area contributed by atoms with Crippen molar-refractivity contribution in [1.82, 2.24) is 4.31 Å². The quantitative estimate of drug-likeness (QED) is 0.667. The fourth-order valence-corrected chi connectivity index (χ4v) is 5.18. The minimum Gasteiger partial charge on any atom is -0.454 e. The number of amides is 1. The molecule has 2 aromatic carbocycles. The number of carbonyl (C=O) groups excluding carboxylic acids is 1. The van der Waals surface area contributed by atoms with E-state index in [0.29, 0.717) is 22.9 Å². The highest BCUT2D eigenvalue weighted by Gasteiger charge is 2.29. The molecule has 0 saturated heterocycles. The zero-order valence-corrected chi connectivity index (χ0v) is 19.0. The Hall–Kier alpha value is -2.58. The van der Waals surface area contributed by atoms with E-state index in [1.807, 2.05) is 25.1 Å². The molecule has 7 nitrogen and oxygen atoms in total. The van der Waals surface area contributed by atoms with Gasteiger partial charge in [0.1, 0.15) is 10.6 Å². The van der Waals surface area contributed by atoms with Crippen molar-refractivity contribution in [3.8, 4) is 11.5 Å². The number of aryl methyl sites for hydroxylation is 1. The minimum atomic E-state index is -3.78. The second-order valence-corrected chi connectivity index (χ2v) is 10.6. The first-order valence-electron chi connectivity index (χ1n) is 10.7. The average Bonchev–Trinajstić information content (AvgIpc) is 3.04. The number of sulfonamides is 1. The smallest absolute Gasteiger partial charge is 0.259 e. The number of nitrogens with zero attached hydrogens (tertiary/aromatic N) is 1. The molecular formula is C23H29N3O4S. The van der Waals surface area contributed by atoms with Gasteiger partial charge in [-0.05, 0) is 43.5 Å². The lowest BCUT2D eigenvalue weighted by molar-refractivity contribution is 0.102. The maximum absolute atomic E-state index is 13.1. The van der Waals surface area contributed by atoms with Gasteiger partial charge in [-0.25, -0.2) is 12.7 Å². The number of hydrogen-bond acceptors (Lipinski definition) is 5. The topological polar surface area (TPSA) is 87.7 Å². The van der Waals surface area contributed by atoms with Crippen LogP contribution in [-0.4, -0.2) is 38.8 Å². The first-order valence-corrected chi connectivity index (χ1v) is 12.2. The Morgan fingerprint density at radius 2 is 1.74 bits per heavy atom. The predicted molar refractivity (Wildman–Crippen MR) is 122 cm³/mol. The summed E-state index contributed by atoms with van der Waals surface area (Å²) >= 11 is 0. The molecule has 0 atom stereocenters. The van der Waals surface area contributed by atoms with Crippen LogP contribution in [0.4, 0.5) is 11.4 Å². The molecule has 0 radical (unpaired) electrons. The van der Waals surface area contributed by atoms with Crippen molar-refractivity contribution in [2.24, 2.45) is 0 Å². The molecular weight excluding hydrogens is 414 g/mol. The van der Waals surface area contributed by atoms with E-state index < -0.39 is 15.9 Å². The van der Waals surface area contributed by atoms with E-state index in [1.165, 1.54) is 37.3 Å². The van der Waals surface area contributed by atoms with Crippen LogP contribution in [0.25, 0.3) is 0 Å². The Kier molecular flexibility index (Phi) is 5.94. The second kappa shape index (κ2) is 8.51. The van der Waals surface area contributed by atoms with Crippen LogP contribution in [0.1, 0.15) is 54.4 Å². The first kappa shape index (κ1) is 21.6. The molecule has 2 N–H and O–H groups in total. The van der Waals surface area contributed by atoms with Gasteiger partial charge >= 0.3 is 0 Å². The minimum absolute atomic E-state index is 0.0846. The number of anilines is 2. The van der Waals surface area contributed by atoms with Gasteiger partial charge in [-0.1, -0.05) is 31.7 Å². The van der Waals surface area contributed by atoms with Crippen molar-refractivity contribution in [2.75, 3.05) is 24.7 Å². The normalized spacial score (nSPS) is 17.1. The summed E-state index contributed by atoms with van der Waals surface area (Å²) in [5.74, 6) is 0.478. The summed E-state index contributed by atoms with van der Waals surface area (Å²) in [6.45, 7) is 1.93. The van der Waals surface area contributed by atoms with E-state index in [9.17, 15) is 13.2 Å². The third kappa shape index (κ3) is 4.41. The fraction of sp³-hybridized carbons (Fsp3) is 0.435. The number of ether oxygens (including phenoxy) is 1. The molecule has 0 spiro atoms. The number of benzene rings is 2. The maximum Gasteiger partial charge on any atom is 0.259 e. The SMILES string of the molecule is Cc1ccc2c(c1)NC(=O)c1cc(S(=O)(=O)N(C)C)c(NC3CCCCCC3)cc1O2. The van der Waals surface area contributed by atoms with Crippen molar-refractivity contribution in [3.05, 3.63) is 41.5 Å². The lowest BCUT2D eigenvalue weighted by Gasteiger charge is -2.23. The van der Waals surface area contributed by atoms with Crippen molar-refractivity contribution in [1.29, 1.82) is 0 Å². The van der Waals surface area contributed by atoms with Gasteiger partial charge in [-0.15, -0.1) is 0 Å². The van der Waals surface area contributed by atoms with Crippen LogP contribution in [0.5, 0.6) is 11.5 Å². The number of hydrogen-bond donors (Lipinski definition) is 2. The van der Waals surface area contributed by atoms with Gasteiger partial charge in [0.2, 0.25) is 10.0 Å². The largest absolute Gasteiger partial charge is 0.454 e. The van der Waals surface area contributed by atoms with Crippen molar-refractivity contribution in [3.63, 3.8) is 0 Å². The molecule has 1 saturated carbocycles. The van der Waals surface area contributed by atoms with Gasteiger partial charge in [0.25, 0.3) is 5.91 Å². The molecule has 2 aromatic rings. The number of carbonyl (C=O) groups is 1.